The van der Waals surface area contributed by atoms with Crippen LogP contribution in [0, 0.1) is 10.1 Å². The monoisotopic (exact) mass is 186 g/mol. The van der Waals surface area contributed by atoms with Gasteiger partial charge < -0.3 is 15.2 Å². The Morgan fingerprint density at radius 2 is 2.62 bits per heavy atom. The molecule has 0 fully saturated rings. The molecule has 72 valence electrons. The fraction of sp³-hybridized carbons (Fsp3) is 0.500. The lowest BCUT2D eigenvalue weighted by Gasteiger charge is -2.09. The Morgan fingerprint density at radius 1 is 1.92 bits per heavy atom. The number of hydrogen-bond acceptors (Lipinski definition) is 5. The molecule has 0 aliphatic carbocycles. The highest BCUT2D eigenvalue weighted by Crippen LogP contribution is 2.05. The van der Waals surface area contributed by atoms with Crippen molar-refractivity contribution in [3.8, 4) is 0 Å². The van der Waals surface area contributed by atoms with E-state index in [-0.39, 0.29) is 5.95 Å². The van der Waals surface area contributed by atoms with Crippen molar-refractivity contribution >= 4 is 5.95 Å². The average molecular weight is 186 g/mol. The molecule has 0 radical (unpaired) electrons. The van der Waals surface area contributed by atoms with Crippen LogP contribution < -0.4 is 5.43 Å². The number of nitrogens with one attached hydrogen (secondary N) is 1. The van der Waals surface area contributed by atoms with Gasteiger partial charge in [-0.25, -0.2) is 5.43 Å². The van der Waals surface area contributed by atoms with E-state index in [1.807, 2.05) is 0 Å². The fourth-order valence-electron chi connectivity index (χ4n) is 0.783. The average Bonchev–Trinajstić information content (AvgIpc) is 2.52. The summed E-state index contributed by atoms with van der Waals surface area (Å²) < 4.78 is 1.08. The van der Waals surface area contributed by atoms with Crippen molar-refractivity contribution in [3.05, 3.63) is 22.5 Å². The Labute approximate surface area is 74.1 Å². The van der Waals surface area contributed by atoms with E-state index in [0.717, 1.165) is 4.68 Å². The normalized spacial score (nSPS) is 12.5. The summed E-state index contributed by atoms with van der Waals surface area (Å²) in [5.74, 6) is -0.340. The molecule has 0 saturated carbocycles. The van der Waals surface area contributed by atoms with Crippen LogP contribution in [-0.2, 0) is 0 Å². The number of aliphatic hydroxyl groups excluding tert-OH is 1. The highest BCUT2D eigenvalue weighted by Gasteiger charge is 2.15. The lowest BCUT2D eigenvalue weighted by molar-refractivity contribution is -0.396. The Morgan fingerprint density at radius 3 is 3.15 bits per heavy atom. The molecule has 1 heterocycles. The minimum atomic E-state index is -0.812. The molecule has 0 spiro atoms. The number of aliphatic hydroxyl groups is 1. The molecule has 1 aromatic heterocycles. The van der Waals surface area contributed by atoms with Gasteiger partial charge in [0.15, 0.2) is 0 Å². The van der Waals surface area contributed by atoms with E-state index < -0.39 is 11.2 Å². The number of aromatic nitrogens is 2. The molecule has 7 nitrogen and oxygen atoms in total. The maximum atomic E-state index is 10.4. The van der Waals surface area contributed by atoms with Crippen molar-refractivity contribution in [2.45, 2.75) is 19.6 Å². The van der Waals surface area contributed by atoms with Gasteiger partial charge in [0.05, 0.1) is 0 Å². The van der Waals surface area contributed by atoms with Gasteiger partial charge in [0.1, 0.15) is 18.6 Å². The Balaban J connectivity index is 2.76. The van der Waals surface area contributed by atoms with Gasteiger partial charge in [-0.1, -0.05) is 11.9 Å². The summed E-state index contributed by atoms with van der Waals surface area (Å²) in [4.78, 5) is 13.2. The number of nitro groups is 1. The summed E-state index contributed by atoms with van der Waals surface area (Å²) in [5.41, 5.74) is 2.49. The third kappa shape index (κ3) is 2.15. The molecule has 1 atom stereocenters. The molecule has 0 amide bonds. The number of nitrogens with zero attached hydrogens (tertiary/aromatic N) is 3. The van der Waals surface area contributed by atoms with E-state index in [4.69, 9.17) is 5.11 Å². The second kappa shape index (κ2) is 3.85. The molecule has 7 heteroatoms. The van der Waals surface area contributed by atoms with Crippen LogP contribution in [0.5, 0.6) is 0 Å². The molecule has 1 rings (SSSR count). The van der Waals surface area contributed by atoms with Crippen LogP contribution >= 0.6 is 0 Å². The first-order chi connectivity index (χ1) is 6.15. The van der Waals surface area contributed by atoms with Gasteiger partial charge in [0.25, 0.3) is 0 Å². The largest absolute Gasteiger partial charge is 0.456 e. The van der Waals surface area contributed by atoms with E-state index in [9.17, 15) is 10.1 Å². The fourth-order valence-corrected chi connectivity index (χ4v) is 0.783. The van der Waals surface area contributed by atoms with Gasteiger partial charge in [-0.2, -0.15) is 0 Å². The molecule has 0 saturated heterocycles. The van der Waals surface area contributed by atoms with Crippen LogP contribution in [-0.4, -0.2) is 25.9 Å². The molecule has 0 aromatic carbocycles. The lowest BCUT2D eigenvalue weighted by Crippen LogP contribution is -2.27. The van der Waals surface area contributed by atoms with Crippen LogP contribution in [0.3, 0.4) is 0 Å². The van der Waals surface area contributed by atoms with Crippen molar-refractivity contribution < 1.29 is 10.0 Å². The van der Waals surface area contributed by atoms with Crippen LogP contribution in [0.15, 0.2) is 12.4 Å². The minimum Gasteiger partial charge on any atom is -0.390 e. The number of rotatable bonds is 4. The zero-order valence-electron chi connectivity index (χ0n) is 7.04. The zero-order chi connectivity index (χ0) is 9.84. The summed E-state index contributed by atoms with van der Waals surface area (Å²) >= 11 is 0. The van der Waals surface area contributed by atoms with Crippen molar-refractivity contribution in [3.63, 3.8) is 0 Å². The third-order valence-corrected chi connectivity index (χ3v) is 1.46. The predicted octanol–water partition coefficient (Wildman–Crippen LogP) is 0.0632. The molecule has 2 N–H and O–H groups in total. The summed E-state index contributed by atoms with van der Waals surface area (Å²) in [6, 6.07) is 0. The van der Waals surface area contributed by atoms with Crippen molar-refractivity contribution in [2.24, 2.45) is 0 Å². The maximum Gasteiger partial charge on any atom is 0.456 e. The van der Waals surface area contributed by atoms with Gasteiger partial charge in [-0.05, 0) is 11.3 Å². The smallest absolute Gasteiger partial charge is 0.390 e. The second-order valence-corrected chi connectivity index (χ2v) is 2.41. The molecular weight excluding hydrogens is 176 g/mol. The SMILES string of the molecule is CCC(O)Nn1ccnc1[N+](=O)[O-]. The highest BCUT2D eigenvalue weighted by molar-refractivity contribution is 5.08. The molecule has 0 aliphatic heterocycles. The summed E-state index contributed by atoms with van der Waals surface area (Å²) in [6.07, 6.45) is 2.30. The minimum absolute atomic E-state index is 0.340. The molecular formula is C6H10N4O3. The standard InChI is InChI=1S/C6H10N4O3/c1-2-5(11)8-9-4-3-7-6(9)10(12)13/h3-5,8,11H,2H2,1H3. The first kappa shape index (κ1) is 9.46. The quantitative estimate of drug-likeness (QED) is 0.394. The van der Waals surface area contributed by atoms with Gasteiger partial charge in [-0.15, -0.1) is 4.68 Å². The highest BCUT2D eigenvalue weighted by atomic mass is 16.6. The van der Waals surface area contributed by atoms with Crippen LogP contribution in [0.25, 0.3) is 0 Å². The van der Waals surface area contributed by atoms with E-state index in [0.29, 0.717) is 6.42 Å². The first-order valence-electron chi connectivity index (χ1n) is 3.77. The summed E-state index contributed by atoms with van der Waals surface area (Å²) in [5, 5.41) is 19.5. The van der Waals surface area contributed by atoms with Crippen LogP contribution in [0.4, 0.5) is 5.95 Å². The maximum absolute atomic E-state index is 10.4. The molecule has 0 bridgehead atoms. The number of imidazole rings is 1. The van der Waals surface area contributed by atoms with E-state index in [1.54, 1.807) is 6.92 Å². The Kier molecular flexibility index (Phi) is 2.80. The van der Waals surface area contributed by atoms with E-state index >= 15 is 0 Å². The predicted molar refractivity (Wildman–Crippen MR) is 44.5 cm³/mol. The van der Waals surface area contributed by atoms with E-state index in [2.05, 4.69) is 10.4 Å². The van der Waals surface area contributed by atoms with Crippen LogP contribution in [0.1, 0.15) is 13.3 Å². The van der Waals surface area contributed by atoms with Gasteiger partial charge in [0, 0.05) is 0 Å². The lowest BCUT2D eigenvalue weighted by atomic mass is 10.4. The van der Waals surface area contributed by atoms with Crippen molar-refractivity contribution in [1.82, 2.24) is 9.66 Å². The van der Waals surface area contributed by atoms with Gasteiger partial charge in [0.2, 0.25) is 0 Å². The van der Waals surface area contributed by atoms with Crippen molar-refractivity contribution in [2.75, 3.05) is 5.43 Å². The zero-order valence-corrected chi connectivity index (χ0v) is 7.04. The molecule has 1 aromatic rings. The number of hydrogen-bond donors (Lipinski definition) is 2. The van der Waals surface area contributed by atoms with Crippen LogP contribution in [0.2, 0.25) is 0 Å². The summed E-state index contributed by atoms with van der Waals surface area (Å²) in [7, 11) is 0. The second-order valence-electron chi connectivity index (χ2n) is 2.41. The van der Waals surface area contributed by atoms with E-state index in [1.165, 1.54) is 12.4 Å². The molecule has 0 aliphatic rings. The van der Waals surface area contributed by atoms with Gasteiger partial charge >= 0.3 is 5.95 Å². The molecule has 13 heavy (non-hydrogen) atoms. The van der Waals surface area contributed by atoms with Crippen molar-refractivity contribution in [1.29, 1.82) is 0 Å². The Bertz CT molecular complexity index is 298. The topological polar surface area (TPSA) is 93.2 Å². The Hall–Kier alpha value is -1.63. The van der Waals surface area contributed by atoms with Gasteiger partial charge in [-0.3, -0.25) is 0 Å². The summed E-state index contributed by atoms with van der Waals surface area (Å²) in [6.45, 7) is 1.75. The molecule has 1 unspecified atom stereocenters. The first-order valence-corrected chi connectivity index (χ1v) is 3.77. The third-order valence-electron chi connectivity index (χ3n) is 1.46.